The lowest BCUT2D eigenvalue weighted by Gasteiger charge is -2.17. The van der Waals surface area contributed by atoms with Crippen LogP contribution in [0, 0.1) is 0 Å². The maximum Gasteiger partial charge on any atom is 0.240 e. The summed E-state index contributed by atoms with van der Waals surface area (Å²) in [6, 6.07) is 16.3. The zero-order valence-electron chi connectivity index (χ0n) is 14.5. The Morgan fingerprint density at radius 2 is 1.85 bits per heavy atom. The summed E-state index contributed by atoms with van der Waals surface area (Å²) in [5.74, 6) is -0.341. The molecule has 0 aliphatic carbocycles. The van der Waals surface area contributed by atoms with Crippen molar-refractivity contribution >= 4 is 28.4 Å². The number of nitrogens with zero attached hydrogens (tertiary/aromatic N) is 1. The van der Waals surface area contributed by atoms with Crippen LogP contribution < -0.4 is 10.6 Å². The molecule has 3 aromatic rings. The second kappa shape index (κ2) is 7.84. The normalized spacial score (nSPS) is 11.9. The van der Waals surface area contributed by atoms with Gasteiger partial charge in [-0.2, -0.15) is 0 Å². The first-order valence-electron chi connectivity index (χ1n) is 8.39. The van der Waals surface area contributed by atoms with Gasteiger partial charge in [0.25, 0.3) is 0 Å². The molecule has 26 heavy (non-hydrogen) atoms. The molecule has 0 saturated heterocycles. The predicted molar refractivity (Wildman–Crippen MR) is 101 cm³/mol. The second-order valence-electron chi connectivity index (χ2n) is 6.08. The van der Waals surface area contributed by atoms with E-state index in [1.165, 1.54) is 6.92 Å². The lowest BCUT2D eigenvalue weighted by atomic mass is 10.1. The smallest absolute Gasteiger partial charge is 0.240 e. The Hall–Kier alpha value is -3.12. The van der Waals surface area contributed by atoms with E-state index in [-0.39, 0.29) is 25.0 Å². The van der Waals surface area contributed by atoms with Crippen molar-refractivity contribution in [2.24, 2.45) is 0 Å². The highest BCUT2D eigenvalue weighted by atomic mass is 16.3. The first-order chi connectivity index (χ1) is 12.6. The standard InChI is InChI=1S/C20H21N3O3/c1-14(25)21-17-8-5-9-19-16(17)10-11-23(19)12-20(26)22-18(13-24)15-6-3-2-4-7-15/h2-11,18,24H,12-13H2,1H3,(H,21,25)(H,22,26)/t18-/m1/s1. The van der Waals surface area contributed by atoms with Crippen molar-refractivity contribution in [2.75, 3.05) is 11.9 Å². The Kier molecular flexibility index (Phi) is 5.34. The number of hydrogen-bond donors (Lipinski definition) is 3. The predicted octanol–water partition coefficient (Wildman–Crippen LogP) is 2.45. The van der Waals surface area contributed by atoms with Crippen molar-refractivity contribution in [3.63, 3.8) is 0 Å². The molecule has 3 rings (SSSR count). The van der Waals surface area contributed by atoms with Gasteiger partial charge in [-0.05, 0) is 23.8 Å². The van der Waals surface area contributed by atoms with E-state index in [0.717, 1.165) is 16.5 Å². The fourth-order valence-corrected chi connectivity index (χ4v) is 2.97. The molecule has 0 radical (unpaired) electrons. The first kappa shape index (κ1) is 17.7. The fraction of sp³-hybridized carbons (Fsp3) is 0.200. The van der Waals surface area contributed by atoms with Crippen LogP contribution in [0.15, 0.2) is 60.8 Å². The number of aliphatic hydroxyl groups is 1. The summed E-state index contributed by atoms with van der Waals surface area (Å²) in [5, 5.41) is 16.1. The third-order valence-electron chi connectivity index (χ3n) is 4.16. The Bertz CT molecular complexity index is 918. The van der Waals surface area contributed by atoms with E-state index in [1.807, 2.05) is 65.4 Å². The SMILES string of the molecule is CC(=O)Nc1cccc2c1ccn2CC(=O)N[C@H](CO)c1ccccc1. The van der Waals surface area contributed by atoms with Gasteiger partial charge in [-0.15, -0.1) is 0 Å². The van der Waals surface area contributed by atoms with Gasteiger partial charge in [0, 0.05) is 18.5 Å². The summed E-state index contributed by atoms with van der Waals surface area (Å²) >= 11 is 0. The van der Waals surface area contributed by atoms with E-state index < -0.39 is 6.04 Å². The number of hydrogen-bond acceptors (Lipinski definition) is 3. The van der Waals surface area contributed by atoms with Crippen LogP contribution in [0.1, 0.15) is 18.5 Å². The summed E-state index contributed by atoms with van der Waals surface area (Å²) in [6.45, 7) is 1.41. The van der Waals surface area contributed by atoms with Crippen molar-refractivity contribution in [1.82, 2.24) is 9.88 Å². The van der Waals surface area contributed by atoms with E-state index in [2.05, 4.69) is 10.6 Å². The van der Waals surface area contributed by atoms with E-state index >= 15 is 0 Å². The van der Waals surface area contributed by atoms with Crippen LogP contribution in [-0.4, -0.2) is 28.1 Å². The van der Waals surface area contributed by atoms with Gasteiger partial charge in [0.05, 0.1) is 23.9 Å². The maximum atomic E-state index is 12.4. The minimum Gasteiger partial charge on any atom is -0.394 e. The van der Waals surface area contributed by atoms with Crippen LogP contribution in [0.2, 0.25) is 0 Å². The zero-order valence-corrected chi connectivity index (χ0v) is 14.5. The molecule has 1 atom stereocenters. The Balaban J connectivity index is 1.76. The number of nitrogens with one attached hydrogen (secondary N) is 2. The molecule has 0 saturated carbocycles. The Labute approximate surface area is 151 Å². The van der Waals surface area contributed by atoms with Crippen LogP contribution in [0.5, 0.6) is 0 Å². The number of amides is 2. The molecule has 2 amide bonds. The number of benzene rings is 2. The van der Waals surface area contributed by atoms with Crippen LogP contribution in [0.4, 0.5) is 5.69 Å². The highest BCUT2D eigenvalue weighted by Crippen LogP contribution is 2.24. The van der Waals surface area contributed by atoms with Gasteiger partial charge < -0.3 is 20.3 Å². The Morgan fingerprint density at radius 3 is 2.54 bits per heavy atom. The van der Waals surface area contributed by atoms with Gasteiger partial charge >= 0.3 is 0 Å². The average molecular weight is 351 g/mol. The summed E-state index contributed by atoms with van der Waals surface area (Å²) in [7, 11) is 0. The van der Waals surface area contributed by atoms with Crippen LogP contribution in [-0.2, 0) is 16.1 Å². The highest BCUT2D eigenvalue weighted by molar-refractivity contribution is 6.01. The van der Waals surface area contributed by atoms with Gasteiger partial charge in [-0.3, -0.25) is 9.59 Å². The van der Waals surface area contributed by atoms with Crippen molar-refractivity contribution in [3.8, 4) is 0 Å². The number of carbonyl (C=O) groups excluding carboxylic acids is 2. The number of rotatable bonds is 6. The zero-order chi connectivity index (χ0) is 18.5. The van der Waals surface area contributed by atoms with Crippen LogP contribution in [0.25, 0.3) is 10.9 Å². The molecule has 0 spiro atoms. The topological polar surface area (TPSA) is 83.4 Å². The molecular weight excluding hydrogens is 330 g/mol. The minimum atomic E-state index is -0.444. The molecule has 0 fully saturated rings. The lowest BCUT2D eigenvalue weighted by molar-refractivity contribution is -0.122. The van der Waals surface area contributed by atoms with Gasteiger partial charge in [0.15, 0.2) is 0 Å². The minimum absolute atomic E-state index is 0.121. The van der Waals surface area contributed by atoms with Gasteiger partial charge in [0.2, 0.25) is 11.8 Å². The number of aromatic nitrogens is 1. The molecule has 2 aromatic carbocycles. The van der Waals surface area contributed by atoms with Gasteiger partial charge in [0.1, 0.15) is 6.54 Å². The number of fused-ring (bicyclic) bond motifs is 1. The molecule has 0 bridgehead atoms. The highest BCUT2D eigenvalue weighted by Gasteiger charge is 2.15. The van der Waals surface area contributed by atoms with Crippen LogP contribution in [0.3, 0.4) is 0 Å². The van der Waals surface area contributed by atoms with Gasteiger partial charge in [-0.25, -0.2) is 0 Å². The molecule has 6 heteroatoms. The Morgan fingerprint density at radius 1 is 1.08 bits per heavy atom. The maximum absolute atomic E-state index is 12.4. The third kappa shape index (κ3) is 3.92. The largest absolute Gasteiger partial charge is 0.394 e. The molecule has 0 aliphatic rings. The first-order valence-corrected chi connectivity index (χ1v) is 8.39. The van der Waals surface area contributed by atoms with Crippen molar-refractivity contribution < 1.29 is 14.7 Å². The molecule has 0 unspecified atom stereocenters. The molecule has 1 aromatic heterocycles. The summed E-state index contributed by atoms with van der Waals surface area (Å²) < 4.78 is 1.81. The summed E-state index contributed by atoms with van der Waals surface area (Å²) in [6.07, 6.45) is 1.81. The number of anilines is 1. The molecular formula is C20H21N3O3. The number of carbonyl (C=O) groups is 2. The molecule has 134 valence electrons. The second-order valence-corrected chi connectivity index (χ2v) is 6.08. The molecule has 1 heterocycles. The fourth-order valence-electron chi connectivity index (χ4n) is 2.97. The molecule has 6 nitrogen and oxygen atoms in total. The van der Waals surface area contributed by atoms with Crippen molar-refractivity contribution in [3.05, 3.63) is 66.4 Å². The molecule has 3 N–H and O–H groups in total. The average Bonchev–Trinajstić information content (AvgIpc) is 3.04. The van der Waals surface area contributed by atoms with Crippen molar-refractivity contribution in [1.29, 1.82) is 0 Å². The van der Waals surface area contributed by atoms with Crippen LogP contribution >= 0.6 is 0 Å². The monoisotopic (exact) mass is 351 g/mol. The van der Waals surface area contributed by atoms with Crippen molar-refractivity contribution in [2.45, 2.75) is 19.5 Å². The van der Waals surface area contributed by atoms with E-state index in [4.69, 9.17) is 0 Å². The third-order valence-corrected chi connectivity index (χ3v) is 4.16. The van der Waals surface area contributed by atoms with E-state index in [9.17, 15) is 14.7 Å². The quantitative estimate of drug-likeness (QED) is 0.638. The van der Waals surface area contributed by atoms with E-state index in [0.29, 0.717) is 5.69 Å². The number of aliphatic hydroxyl groups excluding tert-OH is 1. The summed E-state index contributed by atoms with van der Waals surface area (Å²) in [5.41, 5.74) is 2.42. The summed E-state index contributed by atoms with van der Waals surface area (Å²) in [4.78, 5) is 23.8. The van der Waals surface area contributed by atoms with E-state index in [1.54, 1.807) is 0 Å². The molecule has 0 aliphatic heterocycles. The lowest BCUT2D eigenvalue weighted by Crippen LogP contribution is -2.33. The van der Waals surface area contributed by atoms with Gasteiger partial charge in [-0.1, -0.05) is 36.4 Å².